The lowest BCUT2D eigenvalue weighted by molar-refractivity contribution is -0.121. The number of hydrogen-bond donors (Lipinski definition) is 7. The molecule has 22 heteroatoms. The minimum absolute atomic E-state index is 0.0000950. The van der Waals surface area contributed by atoms with Gasteiger partial charge in [0.05, 0.1) is 11.3 Å². The molecule has 0 radical (unpaired) electrons. The molecule has 5 heterocycles. The van der Waals surface area contributed by atoms with Crippen LogP contribution in [0.5, 0.6) is 0 Å². The van der Waals surface area contributed by atoms with Gasteiger partial charge < -0.3 is 64.8 Å². The fraction of sp³-hybridized carbons (Fsp3) is 0.310. The lowest BCUT2D eigenvalue weighted by Crippen LogP contribution is -2.32. The Hall–Kier alpha value is -8.01. The first-order chi connectivity index (χ1) is 30.6. The summed E-state index contributed by atoms with van der Waals surface area (Å²) < 4.78 is 11.3. The second-order valence-corrected chi connectivity index (χ2v) is 15.1. The van der Waals surface area contributed by atoms with Crippen LogP contribution in [0, 0.1) is 0 Å². The van der Waals surface area contributed by atoms with Crippen molar-refractivity contribution in [3.05, 3.63) is 95.9 Å². The summed E-state index contributed by atoms with van der Waals surface area (Å²) in [6, 6.07) is 11.6. The maximum atomic E-state index is 13.2. The summed E-state index contributed by atoms with van der Waals surface area (Å²) in [5, 5.41) is 19.6. The van der Waals surface area contributed by atoms with Crippen LogP contribution in [0.3, 0.4) is 0 Å². The van der Waals surface area contributed by atoms with E-state index in [4.69, 9.17) is 4.42 Å². The molecule has 336 valence electrons. The van der Waals surface area contributed by atoms with Crippen LogP contribution in [0.25, 0.3) is 11.0 Å². The van der Waals surface area contributed by atoms with Crippen molar-refractivity contribution in [1.29, 1.82) is 0 Å². The predicted octanol–water partition coefficient (Wildman–Crippen LogP) is 2.28. The minimum Gasteiger partial charge on any atom is -0.463 e. The van der Waals surface area contributed by atoms with Crippen molar-refractivity contribution in [2.75, 3.05) is 61.5 Å². The molecule has 0 saturated carbocycles. The fourth-order valence-corrected chi connectivity index (χ4v) is 6.57. The molecule has 0 aliphatic heterocycles. The number of amides is 7. The number of rotatable bonds is 19. The van der Waals surface area contributed by atoms with Crippen molar-refractivity contribution in [1.82, 2.24) is 49.1 Å². The Balaban J connectivity index is 0.931. The fourth-order valence-electron chi connectivity index (χ4n) is 6.57. The number of aryl methyl sites for hydroxylation is 3. The van der Waals surface area contributed by atoms with Gasteiger partial charge in [0.15, 0.2) is 11.6 Å². The first-order valence-corrected chi connectivity index (χ1v) is 20.1. The molecular weight excluding hydrogens is 829 g/mol. The van der Waals surface area contributed by atoms with Crippen molar-refractivity contribution in [3.63, 3.8) is 0 Å². The highest BCUT2D eigenvalue weighted by Crippen LogP contribution is 2.22. The van der Waals surface area contributed by atoms with Gasteiger partial charge in [-0.05, 0) is 51.3 Å². The second-order valence-electron chi connectivity index (χ2n) is 15.1. The topological polar surface area (TPSA) is 266 Å². The van der Waals surface area contributed by atoms with Gasteiger partial charge in [-0.1, -0.05) is 18.2 Å². The average Bonchev–Trinajstić information content (AvgIpc) is 4.08. The van der Waals surface area contributed by atoms with E-state index in [9.17, 15) is 33.6 Å². The van der Waals surface area contributed by atoms with Crippen molar-refractivity contribution in [2.45, 2.75) is 19.3 Å². The third kappa shape index (κ3) is 11.3. The molecular formula is C42H50N14O8. The number of aromatic nitrogens is 6. The van der Waals surface area contributed by atoms with E-state index >= 15 is 0 Å². The molecule has 1 aromatic carbocycles. The van der Waals surface area contributed by atoms with Crippen LogP contribution in [0.2, 0.25) is 0 Å². The van der Waals surface area contributed by atoms with E-state index in [1.165, 1.54) is 50.6 Å². The third-order valence-corrected chi connectivity index (χ3v) is 9.86. The summed E-state index contributed by atoms with van der Waals surface area (Å²) in [4.78, 5) is 100. The van der Waals surface area contributed by atoms with Crippen molar-refractivity contribution < 1.29 is 38.0 Å². The highest BCUT2D eigenvalue weighted by Gasteiger charge is 2.22. The van der Waals surface area contributed by atoms with Crippen molar-refractivity contribution >= 4 is 75.5 Å². The van der Waals surface area contributed by atoms with Gasteiger partial charge in [0.1, 0.15) is 29.1 Å². The number of fused-ring (bicyclic) bond motifs is 1. The van der Waals surface area contributed by atoms with E-state index in [2.05, 4.69) is 47.2 Å². The maximum absolute atomic E-state index is 13.2. The number of nitrogens with one attached hydrogen (secondary N) is 7. The number of para-hydroxylation sites is 1. The summed E-state index contributed by atoms with van der Waals surface area (Å²) >= 11 is 0. The number of nitrogens with zero attached hydrogens (tertiary/aromatic N) is 7. The van der Waals surface area contributed by atoms with Crippen LogP contribution in [-0.4, -0.2) is 115 Å². The molecule has 0 saturated heterocycles. The number of imidazole rings is 2. The maximum Gasteiger partial charge on any atom is 0.292 e. The Morgan fingerprint density at radius 3 is 1.94 bits per heavy atom. The number of carbonyl (C=O) groups is 7. The first-order valence-electron chi connectivity index (χ1n) is 20.1. The number of anilines is 4. The monoisotopic (exact) mass is 878 g/mol. The van der Waals surface area contributed by atoms with Gasteiger partial charge in [0, 0.05) is 84.6 Å². The van der Waals surface area contributed by atoms with E-state index in [1.54, 1.807) is 63.2 Å². The zero-order valence-electron chi connectivity index (χ0n) is 36.2. The summed E-state index contributed by atoms with van der Waals surface area (Å²) in [7, 11) is 10.3. The molecule has 64 heavy (non-hydrogen) atoms. The number of carbonyl (C=O) groups excluding carboxylic acids is 7. The highest BCUT2D eigenvalue weighted by molar-refractivity contribution is 6.12. The van der Waals surface area contributed by atoms with Gasteiger partial charge in [-0.15, -0.1) is 0 Å². The van der Waals surface area contributed by atoms with E-state index in [-0.39, 0.29) is 66.5 Å². The third-order valence-electron chi connectivity index (χ3n) is 9.86. The number of furan rings is 1. The van der Waals surface area contributed by atoms with Crippen LogP contribution in [0.1, 0.15) is 71.8 Å². The molecule has 0 fully saturated rings. The molecule has 0 atom stereocenters. The SMILES string of the molecule is CN(C)CCCNC(=O)CCNC(=O)c1cc(NC(=O)c2nc(NC(=O)CCNC(=O)c3ccc(NC(=O)c4nc(NC(=O)c5coc6ccccc56)cn4C)n3C)cn2C)cn1C. The molecule has 0 aliphatic carbocycles. The largest absolute Gasteiger partial charge is 0.463 e. The lowest BCUT2D eigenvalue weighted by atomic mass is 10.1. The van der Waals surface area contributed by atoms with E-state index in [1.807, 2.05) is 19.0 Å². The Bertz CT molecular complexity index is 2720. The zero-order chi connectivity index (χ0) is 46.1. The first kappa shape index (κ1) is 45.5. The molecule has 7 amide bonds. The summed E-state index contributed by atoms with van der Waals surface area (Å²) in [6.45, 7) is 1.50. The normalized spacial score (nSPS) is 11.0. The molecule has 0 bridgehead atoms. The highest BCUT2D eigenvalue weighted by atomic mass is 16.3. The molecule has 22 nitrogen and oxygen atoms in total. The van der Waals surface area contributed by atoms with Gasteiger partial charge in [0.25, 0.3) is 29.5 Å². The summed E-state index contributed by atoms with van der Waals surface area (Å²) in [6.07, 6.45) is 6.68. The Kier molecular flexibility index (Phi) is 14.4. The van der Waals surface area contributed by atoms with Crippen LogP contribution in [-0.2, 0) is 37.8 Å². The Morgan fingerprint density at radius 1 is 0.625 bits per heavy atom. The van der Waals surface area contributed by atoms with E-state index in [0.717, 1.165) is 13.0 Å². The molecule has 6 aromatic rings. The summed E-state index contributed by atoms with van der Waals surface area (Å²) in [5.74, 6) is -2.67. The van der Waals surface area contributed by atoms with Gasteiger partial charge in [-0.3, -0.25) is 33.6 Å². The standard InChI is InChI=1S/C42H50N14O8/c1-52(2)19-9-16-43-34(57)14-17-45-40(61)29-20-25(21-53(29)3)46-41(62)36-48-31(22-54(36)4)47-35(58)15-18-44-39(60)28-12-13-33(56(28)6)51-42(63)37-49-32(23-55(37)5)50-38(59)27-24-64-30-11-8-7-10-26(27)30/h7-8,10-13,20-24H,9,14-19H2,1-6H3,(H,43,57)(H,44,60)(H,45,61)(H,46,62)(H,47,58)(H,50,59)(H,51,63). The van der Waals surface area contributed by atoms with Crippen molar-refractivity contribution in [3.8, 4) is 0 Å². The van der Waals surface area contributed by atoms with Gasteiger partial charge in [0.2, 0.25) is 23.5 Å². The smallest absolute Gasteiger partial charge is 0.292 e. The van der Waals surface area contributed by atoms with Crippen LogP contribution < -0.4 is 37.2 Å². The molecule has 7 N–H and O–H groups in total. The molecule has 6 rings (SSSR count). The zero-order valence-corrected chi connectivity index (χ0v) is 36.2. The van der Waals surface area contributed by atoms with Crippen molar-refractivity contribution in [2.24, 2.45) is 28.2 Å². The molecule has 0 aliphatic rings. The quantitative estimate of drug-likeness (QED) is 0.0581. The lowest BCUT2D eigenvalue weighted by Gasteiger charge is -2.10. The van der Waals surface area contributed by atoms with Crippen LogP contribution in [0.4, 0.5) is 23.1 Å². The van der Waals surface area contributed by atoms with Crippen LogP contribution >= 0.6 is 0 Å². The number of benzene rings is 1. The van der Waals surface area contributed by atoms with E-state index < -0.39 is 35.4 Å². The average molecular weight is 879 g/mol. The number of hydrogen-bond acceptors (Lipinski definition) is 11. The second kappa shape index (κ2) is 20.2. The van der Waals surface area contributed by atoms with Gasteiger partial charge in [-0.25, -0.2) is 9.97 Å². The Morgan fingerprint density at radius 2 is 1.25 bits per heavy atom. The Labute approximate surface area is 366 Å². The molecule has 0 unspecified atom stereocenters. The molecule has 5 aromatic heterocycles. The van der Waals surface area contributed by atoms with Gasteiger partial charge >= 0.3 is 0 Å². The molecule has 0 spiro atoms. The summed E-state index contributed by atoms with van der Waals surface area (Å²) in [5.41, 5.74) is 1.68. The van der Waals surface area contributed by atoms with Crippen LogP contribution in [0.15, 0.2) is 71.7 Å². The van der Waals surface area contributed by atoms with Gasteiger partial charge in [-0.2, -0.15) is 0 Å². The minimum atomic E-state index is -0.592. The predicted molar refractivity (Wildman–Crippen MR) is 236 cm³/mol. The van der Waals surface area contributed by atoms with E-state index in [0.29, 0.717) is 34.6 Å².